The third-order valence-corrected chi connectivity index (χ3v) is 2.34. The zero-order valence-corrected chi connectivity index (χ0v) is 10.4. The average Bonchev–Trinajstić information content (AvgIpc) is 2.24. The lowest BCUT2D eigenvalue weighted by Crippen LogP contribution is -2.19. The van der Waals surface area contributed by atoms with Crippen LogP contribution in [0.5, 0.6) is 5.75 Å². The second-order valence-corrected chi connectivity index (χ2v) is 4.11. The molecule has 0 aliphatic heterocycles. The predicted molar refractivity (Wildman–Crippen MR) is 61.6 cm³/mol. The molecule has 1 rings (SSSR count). The summed E-state index contributed by atoms with van der Waals surface area (Å²) < 4.78 is 44.6. The van der Waals surface area contributed by atoms with Crippen molar-refractivity contribution in [2.45, 2.75) is 19.1 Å². The van der Waals surface area contributed by atoms with Crippen molar-refractivity contribution in [3.63, 3.8) is 0 Å². The molecule has 1 aromatic rings. The summed E-state index contributed by atoms with van der Waals surface area (Å²) in [6.07, 6.45) is -4.37. The molecule has 0 heterocycles. The first-order chi connectivity index (χ1) is 8.29. The lowest BCUT2D eigenvalue weighted by atomic mass is 10.1. The number of hydrogen-bond donors (Lipinski definition) is 1. The quantitative estimate of drug-likeness (QED) is 0.666. The summed E-state index contributed by atoms with van der Waals surface area (Å²) in [5.41, 5.74) is 6.46. The SMILES string of the molecule is C[C@@H](N)c1ccc(OCOCC(F)(F)F)c(Cl)c1. The molecule has 0 bridgehead atoms. The van der Waals surface area contributed by atoms with Crippen molar-refractivity contribution in [3.05, 3.63) is 28.8 Å². The molecule has 0 saturated heterocycles. The third kappa shape index (κ3) is 5.12. The molecule has 1 atom stereocenters. The molecule has 102 valence electrons. The molecule has 7 heteroatoms. The average molecular weight is 284 g/mol. The predicted octanol–water partition coefficient (Wildman–Crippen LogP) is 3.27. The Hall–Kier alpha value is -0.980. The Bertz CT molecular complexity index is 396. The van der Waals surface area contributed by atoms with Crippen molar-refractivity contribution in [1.82, 2.24) is 0 Å². The molecule has 2 N–H and O–H groups in total. The van der Waals surface area contributed by atoms with Crippen LogP contribution in [0.4, 0.5) is 13.2 Å². The Morgan fingerprint density at radius 3 is 2.56 bits per heavy atom. The maximum absolute atomic E-state index is 11.8. The van der Waals surface area contributed by atoms with E-state index in [4.69, 9.17) is 22.1 Å². The molecular formula is C11H13ClF3NO2. The van der Waals surface area contributed by atoms with Crippen LogP contribution in [0, 0.1) is 0 Å². The maximum atomic E-state index is 11.8. The number of nitrogens with two attached hydrogens (primary N) is 1. The lowest BCUT2D eigenvalue weighted by molar-refractivity contribution is -0.186. The van der Waals surface area contributed by atoms with E-state index >= 15 is 0 Å². The van der Waals surface area contributed by atoms with E-state index in [1.54, 1.807) is 19.1 Å². The van der Waals surface area contributed by atoms with E-state index in [0.29, 0.717) is 0 Å². The molecule has 0 aromatic heterocycles. The molecule has 0 aliphatic carbocycles. The van der Waals surface area contributed by atoms with Crippen LogP contribution in [0.25, 0.3) is 0 Å². The van der Waals surface area contributed by atoms with Gasteiger partial charge < -0.3 is 15.2 Å². The maximum Gasteiger partial charge on any atom is 0.411 e. The van der Waals surface area contributed by atoms with Crippen LogP contribution in [-0.2, 0) is 4.74 Å². The number of halogens is 4. The van der Waals surface area contributed by atoms with Crippen molar-refractivity contribution in [1.29, 1.82) is 0 Å². The minimum absolute atomic E-state index is 0.182. The van der Waals surface area contributed by atoms with Crippen LogP contribution in [0.3, 0.4) is 0 Å². The fraction of sp³-hybridized carbons (Fsp3) is 0.455. The van der Waals surface area contributed by atoms with E-state index in [2.05, 4.69) is 4.74 Å². The van der Waals surface area contributed by atoms with Crippen LogP contribution in [0.15, 0.2) is 18.2 Å². The highest BCUT2D eigenvalue weighted by Gasteiger charge is 2.27. The van der Waals surface area contributed by atoms with Gasteiger partial charge in [-0.1, -0.05) is 17.7 Å². The van der Waals surface area contributed by atoms with Gasteiger partial charge in [0.05, 0.1) is 5.02 Å². The highest BCUT2D eigenvalue weighted by atomic mass is 35.5. The lowest BCUT2D eigenvalue weighted by Gasteiger charge is -2.12. The Balaban J connectivity index is 2.48. The molecule has 0 unspecified atom stereocenters. The van der Waals surface area contributed by atoms with Gasteiger partial charge in [0, 0.05) is 6.04 Å². The Labute approximate surface area is 108 Å². The van der Waals surface area contributed by atoms with Crippen LogP contribution in [-0.4, -0.2) is 19.6 Å². The van der Waals surface area contributed by atoms with Gasteiger partial charge in [-0.2, -0.15) is 13.2 Å². The number of hydrogen-bond acceptors (Lipinski definition) is 3. The zero-order chi connectivity index (χ0) is 13.8. The first-order valence-corrected chi connectivity index (χ1v) is 5.49. The molecule has 0 amide bonds. The van der Waals surface area contributed by atoms with Crippen LogP contribution < -0.4 is 10.5 Å². The number of rotatable bonds is 5. The van der Waals surface area contributed by atoms with Crippen LogP contribution >= 0.6 is 11.6 Å². The second-order valence-electron chi connectivity index (χ2n) is 3.70. The normalized spacial score (nSPS) is 13.4. The second kappa shape index (κ2) is 6.26. The van der Waals surface area contributed by atoms with Gasteiger partial charge in [0.15, 0.2) is 6.79 Å². The molecule has 0 spiro atoms. The van der Waals surface area contributed by atoms with E-state index in [-0.39, 0.29) is 16.8 Å². The first kappa shape index (κ1) is 15.1. The fourth-order valence-electron chi connectivity index (χ4n) is 1.18. The van der Waals surface area contributed by atoms with Gasteiger partial charge in [-0.05, 0) is 24.6 Å². The summed E-state index contributed by atoms with van der Waals surface area (Å²) in [5, 5.41) is 0.278. The third-order valence-electron chi connectivity index (χ3n) is 2.05. The highest BCUT2D eigenvalue weighted by Crippen LogP contribution is 2.27. The van der Waals surface area contributed by atoms with E-state index in [0.717, 1.165) is 5.56 Å². The summed E-state index contributed by atoms with van der Waals surface area (Å²) in [6.45, 7) is -0.0854. The van der Waals surface area contributed by atoms with Crippen molar-refractivity contribution < 1.29 is 22.6 Å². The summed E-state index contributed by atoms with van der Waals surface area (Å²) in [4.78, 5) is 0. The van der Waals surface area contributed by atoms with Gasteiger partial charge in [-0.25, -0.2) is 0 Å². The number of benzene rings is 1. The summed E-state index contributed by atoms with van der Waals surface area (Å²) in [5.74, 6) is 0.253. The molecule has 0 fully saturated rings. The van der Waals surface area contributed by atoms with Gasteiger partial charge >= 0.3 is 6.18 Å². The molecule has 0 aliphatic rings. The number of ether oxygens (including phenoxy) is 2. The molecule has 3 nitrogen and oxygen atoms in total. The molecular weight excluding hydrogens is 271 g/mol. The van der Waals surface area contributed by atoms with Crippen molar-refractivity contribution in [3.8, 4) is 5.75 Å². The van der Waals surface area contributed by atoms with Gasteiger partial charge in [0.1, 0.15) is 12.4 Å². The molecule has 0 radical (unpaired) electrons. The fourth-order valence-corrected chi connectivity index (χ4v) is 1.42. The zero-order valence-electron chi connectivity index (χ0n) is 9.63. The summed E-state index contributed by atoms with van der Waals surface area (Å²) in [7, 11) is 0. The first-order valence-electron chi connectivity index (χ1n) is 5.12. The molecule has 18 heavy (non-hydrogen) atoms. The van der Waals surface area contributed by atoms with E-state index in [9.17, 15) is 13.2 Å². The standard InChI is InChI=1S/C11H13ClF3NO2/c1-7(16)8-2-3-10(9(12)4-8)18-6-17-5-11(13,14)15/h2-4,7H,5-6,16H2,1H3/t7-/m1/s1. The minimum Gasteiger partial charge on any atom is -0.466 e. The Morgan fingerprint density at radius 2 is 2.06 bits per heavy atom. The Kier molecular flexibility index (Phi) is 5.25. The van der Waals surface area contributed by atoms with Crippen molar-refractivity contribution in [2.75, 3.05) is 13.4 Å². The van der Waals surface area contributed by atoms with E-state index < -0.39 is 19.6 Å². The topological polar surface area (TPSA) is 44.5 Å². The van der Waals surface area contributed by atoms with Crippen LogP contribution in [0.2, 0.25) is 5.02 Å². The van der Waals surface area contributed by atoms with Gasteiger partial charge in [0.25, 0.3) is 0 Å². The van der Waals surface area contributed by atoms with E-state index in [1.165, 1.54) is 6.07 Å². The molecule has 0 saturated carbocycles. The Morgan fingerprint density at radius 1 is 1.39 bits per heavy atom. The van der Waals surface area contributed by atoms with Gasteiger partial charge in [0.2, 0.25) is 0 Å². The highest BCUT2D eigenvalue weighted by molar-refractivity contribution is 6.32. The largest absolute Gasteiger partial charge is 0.466 e. The monoisotopic (exact) mass is 283 g/mol. The van der Waals surface area contributed by atoms with Crippen molar-refractivity contribution in [2.24, 2.45) is 5.73 Å². The minimum atomic E-state index is -4.37. The summed E-state index contributed by atoms with van der Waals surface area (Å²) >= 11 is 5.88. The smallest absolute Gasteiger partial charge is 0.411 e. The molecule has 1 aromatic carbocycles. The van der Waals surface area contributed by atoms with Gasteiger partial charge in [-0.15, -0.1) is 0 Å². The van der Waals surface area contributed by atoms with Gasteiger partial charge in [-0.3, -0.25) is 0 Å². The van der Waals surface area contributed by atoms with E-state index in [1.807, 2.05) is 0 Å². The number of alkyl halides is 3. The van der Waals surface area contributed by atoms with Crippen molar-refractivity contribution >= 4 is 11.6 Å². The van der Waals surface area contributed by atoms with Crippen LogP contribution in [0.1, 0.15) is 18.5 Å². The summed E-state index contributed by atoms with van der Waals surface area (Å²) in [6, 6.07) is 4.65.